The van der Waals surface area contributed by atoms with E-state index in [1.807, 2.05) is 6.92 Å². The third kappa shape index (κ3) is 2.65. The molecule has 0 aliphatic heterocycles. The Hall–Kier alpha value is -1.17. The normalized spacial score (nSPS) is 15.3. The third-order valence-electron chi connectivity index (χ3n) is 2.37. The summed E-state index contributed by atoms with van der Waals surface area (Å²) in [5.74, 6) is 1.06. The zero-order chi connectivity index (χ0) is 10.8. The van der Waals surface area contributed by atoms with E-state index in [-0.39, 0.29) is 5.84 Å². The van der Waals surface area contributed by atoms with Crippen LogP contribution in [0.4, 0.5) is 5.13 Å². The Balaban J connectivity index is 2.02. The number of hydrogen-bond donors (Lipinski definition) is 2. The highest BCUT2D eigenvalue weighted by molar-refractivity contribution is 7.09. The van der Waals surface area contributed by atoms with E-state index in [1.54, 1.807) is 0 Å². The van der Waals surface area contributed by atoms with Crippen LogP contribution in [0.25, 0.3) is 0 Å². The minimum atomic E-state index is 0.238. The van der Waals surface area contributed by atoms with Crippen LogP contribution in [0.5, 0.6) is 0 Å². The summed E-state index contributed by atoms with van der Waals surface area (Å²) >= 11 is 1.43. The molecule has 6 heteroatoms. The number of nitrogens with one attached hydrogen (secondary N) is 1. The van der Waals surface area contributed by atoms with Crippen molar-refractivity contribution < 1.29 is 0 Å². The molecule has 0 unspecified atom stereocenters. The van der Waals surface area contributed by atoms with Gasteiger partial charge in [-0.1, -0.05) is 0 Å². The maximum absolute atomic E-state index is 7.24. The largest absolute Gasteiger partial charge is 0.388 e. The topological polar surface area (TPSA) is 78.9 Å². The average molecular weight is 225 g/mol. The minimum absolute atomic E-state index is 0.238. The second kappa shape index (κ2) is 4.14. The van der Waals surface area contributed by atoms with E-state index >= 15 is 0 Å². The highest BCUT2D eigenvalue weighted by Crippen LogP contribution is 2.32. The van der Waals surface area contributed by atoms with Crippen molar-refractivity contribution in [3.8, 4) is 0 Å². The van der Waals surface area contributed by atoms with Gasteiger partial charge in [0.2, 0.25) is 5.13 Å². The lowest BCUT2D eigenvalue weighted by atomic mass is 10.3. The first kappa shape index (κ1) is 10.4. The van der Waals surface area contributed by atoms with Crippen molar-refractivity contribution in [3.05, 3.63) is 5.82 Å². The second-order valence-electron chi connectivity index (χ2n) is 3.82. The average Bonchev–Trinajstić information content (AvgIpc) is 2.90. The molecule has 0 spiro atoms. The molecule has 5 nitrogen and oxygen atoms in total. The van der Waals surface area contributed by atoms with Gasteiger partial charge in [-0.2, -0.15) is 4.37 Å². The second-order valence-corrected chi connectivity index (χ2v) is 4.55. The van der Waals surface area contributed by atoms with E-state index in [0.717, 1.165) is 17.5 Å². The summed E-state index contributed by atoms with van der Waals surface area (Å²) in [6.07, 6.45) is 3.04. The summed E-state index contributed by atoms with van der Waals surface area (Å²) in [5, 5.41) is 8.20. The molecular weight excluding hydrogens is 210 g/mol. The van der Waals surface area contributed by atoms with Gasteiger partial charge in [0.1, 0.15) is 5.82 Å². The molecule has 0 amide bonds. The lowest BCUT2D eigenvalue weighted by Gasteiger charge is -2.20. The Bertz CT molecular complexity index is 357. The zero-order valence-electron chi connectivity index (χ0n) is 8.73. The van der Waals surface area contributed by atoms with Crippen molar-refractivity contribution in [2.45, 2.75) is 32.2 Å². The van der Waals surface area contributed by atoms with Crippen LogP contribution >= 0.6 is 11.5 Å². The first-order valence-electron chi connectivity index (χ1n) is 5.06. The Kier molecular flexibility index (Phi) is 2.86. The maximum atomic E-state index is 7.24. The molecule has 15 heavy (non-hydrogen) atoms. The predicted molar refractivity (Wildman–Crippen MR) is 61.5 cm³/mol. The molecule has 0 radical (unpaired) electrons. The van der Waals surface area contributed by atoms with E-state index in [2.05, 4.69) is 14.3 Å². The summed E-state index contributed by atoms with van der Waals surface area (Å²) in [6, 6.07) is 0.594. The predicted octanol–water partition coefficient (Wildman–Crippen LogP) is 1.14. The van der Waals surface area contributed by atoms with Gasteiger partial charge in [-0.05, 0) is 19.8 Å². The summed E-state index contributed by atoms with van der Waals surface area (Å²) in [5.41, 5.74) is 5.37. The SMILES string of the molecule is Cc1nsc(N(CCC(=N)N)C2CC2)n1. The Labute approximate surface area is 93.0 Å². The lowest BCUT2D eigenvalue weighted by Crippen LogP contribution is -2.29. The number of aromatic nitrogens is 2. The smallest absolute Gasteiger partial charge is 0.205 e. The van der Waals surface area contributed by atoms with Gasteiger partial charge in [0, 0.05) is 30.5 Å². The van der Waals surface area contributed by atoms with E-state index in [0.29, 0.717) is 12.5 Å². The van der Waals surface area contributed by atoms with Gasteiger partial charge in [0.05, 0.1) is 5.84 Å². The van der Waals surface area contributed by atoms with Crippen LogP contribution in [0.2, 0.25) is 0 Å². The van der Waals surface area contributed by atoms with Crippen molar-refractivity contribution in [1.29, 1.82) is 5.41 Å². The highest BCUT2D eigenvalue weighted by atomic mass is 32.1. The molecule has 82 valence electrons. The van der Waals surface area contributed by atoms with Gasteiger partial charge in [-0.15, -0.1) is 0 Å². The number of hydrogen-bond acceptors (Lipinski definition) is 5. The van der Waals surface area contributed by atoms with Gasteiger partial charge in [-0.3, -0.25) is 5.41 Å². The molecule has 1 heterocycles. The summed E-state index contributed by atoms with van der Waals surface area (Å²) in [6.45, 7) is 2.69. The van der Waals surface area contributed by atoms with Crippen LogP contribution in [0.3, 0.4) is 0 Å². The van der Waals surface area contributed by atoms with Crippen LogP contribution in [0.15, 0.2) is 0 Å². The molecule has 1 fully saturated rings. The Morgan fingerprint density at radius 1 is 1.67 bits per heavy atom. The molecule has 2 rings (SSSR count). The maximum Gasteiger partial charge on any atom is 0.205 e. The molecule has 1 aliphatic rings. The van der Waals surface area contributed by atoms with E-state index in [4.69, 9.17) is 11.1 Å². The third-order valence-corrected chi connectivity index (χ3v) is 3.22. The summed E-state index contributed by atoms with van der Waals surface area (Å²) in [7, 11) is 0. The van der Waals surface area contributed by atoms with Gasteiger partial charge in [-0.25, -0.2) is 4.98 Å². The number of anilines is 1. The van der Waals surface area contributed by atoms with Crippen LogP contribution in [-0.2, 0) is 0 Å². The van der Waals surface area contributed by atoms with Crippen molar-refractivity contribution in [3.63, 3.8) is 0 Å². The van der Waals surface area contributed by atoms with E-state index < -0.39 is 0 Å². The van der Waals surface area contributed by atoms with Crippen molar-refractivity contribution >= 4 is 22.5 Å². The molecule has 1 saturated carbocycles. The minimum Gasteiger partial charge on any atom is -0.388 e. The molecule has 3 N–H and O–H groups in total. The van der Waals surface area contributed by atoms with Crippen LogP contribution in [0, 0.1) is 12.3 Å². The first-order chi connectivity index (χ1) is 7.16. The molecule has 0 saturated heterocycles. The molecular formula is C9H15N5S. The van der Waals surface area contributed by atoms with Crippen LogP contribution in [-0.4, -0.2) is 27.8 Å². The lowest BCUT2D eigenvalue weighted by molar-refractivity contribution is 0.790. The fourth-order valence-corrected chi connectivity index (χ4v) is 2.24. The molecule has 0 atom stereocenters. The van der Waals surface area contributed by atoms with Gasteiger partial charge >= 0.3 is 0 Å². The molecule has 0 aromatic carbocycles. The number of amidine groups is 1. The van der Waals surface area contributed by atoms with Crippen molar-refractivity contribution in [1.82, 2.24) is 9.36 Å². The molecule has 1 aromatic heterocycles. The molecule has 1 aromatic rings. The summed E-state index contributed by atoms with van der Waals surface area (Å²) in [4.78, 5) is 6.60. The van der Waals surface area contributed by atoms with E-state index in [1.165, 1.54) is 24.4 Å². The standard InChI is InChI=1S/C9H15N5S/c1-6-12-9(15-13-6)14(7-2-3-7)5-4-8(10)11/h7H,2-5H2,1H3,(H3,10,11). The van der Waals surface area contributed by atoms with Gasteiger partial charge < -0.3 is 10.6 Å². The zero-order valence-corrected chi connectivity index (χ0v) is 9.55. The molecule has 0 bridgehead atoms. The number of aryl methyl sites for hydroxylation is 1. The first-order valence-corrected chi connectivity index (χ1v) is 5.84. The number of nitrogens with zero attached hydrogens (tertiary/aromatic N) is 3. The van der Waals surface area contributed by atoms with E-state index in [9.17, 15) is 0 Å². The Morgan fingerprint density at radius 3 is 2.87 bits per heavy atom. The van der Waals surface area contributed by atoms with Gasteiger partial charge in [0.25, 0.3) is 0 Å². The van der Waals surface area contributed by atoms with Gasteiger partial charge in [0.15, 0.2) is 0 Å². The monoisotopic (exact) mass is 225 g/mol. The number of nitrogens with two attached hydrogens (primary N) is 1. The fourth-order valence-electron chi connectivity index (χ4n) is 1.46. The van der Waals surface area contributed by atoms with Crippen LogP contribution in [0.1, 0.15) is 25.1 Å². The number of rotatable bonds is 5. The van der Waals surface area contributed by atoms with Crippen molar-refractivity contribution in [2.24, 2.45) is 5.73 Å². The summed E-state index contributed by atoms with van der Waals surface area (Å²) < 4.78 is 4.18. The quantitative estimate of drug-likeness (QED) is 0.582. The van der Waals surface area contributed by atoms with Crippen LogP contribution < -0.4 is 10.6 Å². The highest BCUT2D eigenvalue weighted by Gasteiger charge is 2.30. The Morgan fingerprint density at radius 2 is 2.40 bits per heavy atom. The fraction of sp³-hybridized carbons (Fsp3) is 0.667. The van der Waals surface area contributed by atoms with Crippen molar-refractivity contribution in [2.75, 3.05) is 11.4 Å². The molecule has 1 aliphatic carbocycles.